The van der Waals surface area contributed by atoms with Gasteiger partial charge >= 0.3 is 0 Å². The van der Waals surface area contributed by atoms with Crippen LogP contribution in [0, 0.1) is 20.8 Å². The SMILES string of the molecule is CCNCc1c(C)cc(C)nc1N(C)c1cccc(C)c1. The molecule has 0 unspecified atom stereocenters. The predicted molar refractivity (Wildman–Crippen MR) is 90.3 cm³/mol. The van der Waals surface area contributed by atoms with Crippen LogP contribution in [0.5, 0.6) is 0 Å². The van der Waals surface area contributed by atoms with Crippen molar-refractivity contribution in [1.29, 1.82) is 0 Å². The fourth-order valence-corrected chi connectivity index (χ4v) is 2.55. The van der Waals surface area contributed by atoms with Crippen LogP contribution in [-0.2, 0) is 6.54 Å². The summed E-state index contributed by atoms with van der Waals surface area (Å²) in [6.07, 6.45) is 0. The number of aryl methyl sites for hydroxylation is 3. The molecule has 1 aromatic carbocycles. The standard InChI is InChI=1S/C18H25N3/c1-6-19-12-17-14(3)11-15(4)20-18(17)21(5)16-9-7-8-13(2)10-16/h7-11,19H,6,12H2,1-5H3. The number of pyridine rings is 1. The molecule has 2 aromatic rings. The zero-order valence-electron chi connectivity index (χ0n) is 13.7. The summed E-state index contributed by atoms with van der Waals surface area (Å²) >= 11 is 0. The lowest BCUT2D eigenvalue weighted by Crippen LogP contribution is -2.20. The van der Waals surface area contributed by atoms with Crippen LogP contribution in [0.15, 0.2) is 30.3 Å². The largest absolute Gasteiger partial charge is 0.329 e. The summed E-state index contributed by atoms with van der Waals surface area (Å²) in [6, 6.07) is 10.7. The van der Waals surface area contributed by atoms with E-state index in [0.29, 0.717) is 0 Å². The van der Waals surface area contributed by atoms with Gasteiger partial charge in [-0.05, 0) is 56.6 Å². The molecule has 0 bridgehead atoms. The van der Waals surface area contributed by atoms with Gasteiger partial charge in [-0.2, -0.15) is 0 Å². The predicted octanol–water partition coefficient (Wildman–Crippen LogP) is 3.88. The number of hydrogen-bond acceptors (Lipinski definition) is 3. The minimum absolute atomic E-state index is 0.848. The summed E-state index contributed by atoms with van der Waals surface area (Å²) < 4.78 is 0. The first-order valence-corrected chi connectivity index (χ1v) is 7.51. The van der Waals surface area contributed by atoms with Gasteiger partial charge in [-0.25, -0.2) is 4.98 Å². The highest BCUT2D eigenvalue weighted by molar-refractivity contribution is 5.64. The van der Waals surface area contributed by atoms with Gasteiger partial charge in [-0.15, -0.1) is 0 Å². The molecule has 3 nitrogen and oxygen atoms in total. The first-order valence-electron chi connectivity index (χ1n) is 7.51. The molecule has 21 heavy (non-hydrogen) atoms. The Morgan fingerprint density at radius 2 is 1.90 bits per heavy atom. The van der Waals surface area contributed by atoms with Crippen LogP contribution in [0.2, 0.25) is 0 Å². The van der Waals surface area contributed by atoms with E-state index < -0.39 is 0 Å². The van der Waals surface area contributed by atoms with E-state index in [1.807, 2.05) is 0 Å². The molecule has 0 amide bonds. The number of anilines is 2. The Labute approximate surface area is 128 Å². The molecule has 1 N–H and O–H groups in total. The molecule has 0 saturated carbocycles. The van der Waals surface area contributed by atoms with Gasteiger partial charge in [0, 0.05) is 30.5 Å². The maximum Gasteiger partial charge on any atom is 0.137 e. The van der Waals surface area contributed by atoms with Gasteiger partial charge in [0.2, 0.25) is 0 Å². The van der Waals surface area contributed by atoms with E-state index in [2.05, 4.69) is 75.3 Å². The molecule has 0 aliphatic rings. The molecule has 0 atom stereocenters. The van der Waals surface area contributed by atoms with Crippen molar-refractivity contribution < 1.29 is 0 Å². The summed E-state index contributed by atoms with van der Waals surface area (Å²) in [5, 5.41) is 3.42. The lowest BCUT2D eigenvalue weighted by Gasteiger charge is -2.24. The van der Waals surface area contributed by atoms with Gasteiger partial charge in [0.05, 0.1) is 0 Å². The first-order chi connectivity index (χ1) is 10.0. The maximum absolute atomic E-state index is 4.78. The van der Waals surface area contributed by atoms with Crippen molar-refractivity contribution in [2.45, 2.75) is 34.2 Å². The Morgan fingerprint density at radius 1 is 1.14 bits per heavy atom. The fourth-order valence-electron chi connectivity index (χ4n) is 2.55. The zero-order valence-corrected chi connectivity index (χ0v) is 13.7. The van der Waals surface area contributed by atoms with Gasteiger partial charge < -0.3 is 10.2 Å². The highest BCUT2D eigenvalue weighted by Crippen LogP contribution is 2.28. The quantitative estimate of drug-likeness (QED) is 0.902. The van der Waals surface area contributed by atoms with Gasteiger partial charge in [-0.1, -0.05) is 19.1 Å². The van der Waals surface area contributed by atoms with Crippen LogP contribution >= 0.6 is 0 Å². The fraction of sp³-hybridized carbons (Fsp3) is 0.389. The van der Waals surface area contributed by atoms with E-state index in [0.717, 1.165) is 24.6 Å². The summed E-state index contributed by atoms with van der Waals surface area (Å²) in [6.45, 7) is 10.3. The van der Waals surface area contributed by atoms with Crippen LogP contribution in [0.25, 0.3) is 0 Å². The molecule has 2 rings (SSSR count). The summed E-state index contributed by atoms with van der Waals surface area (Å²) in [7, 11) is 2.09. The minimum atomic E-state index is 0.848. The number of benzene rings is 1. The number of rotatable bonds is 5. The topological polar surface area (TPSA) is 28.2 Å². The van der Waals surface area contributed by atoms with E-state index >= 15 is 0 Å². The van der Waals surface area contributed by atoms with Crippen molar-refractivity contribution in [3.05, 3.63) is 52.7 Å². The van der Waals surface area contributed by atoms with E-state index in [1.165, 1.54) is 22.4 Å². The van der Waals surface area contributed by atoms with Crippen LogP contribution in [0.1, 0.15) is 29.3 Å². The van der Waals surface area contributed by atoms with Crippen LogP contribution in [-0.4, -0.2) is 18.6 Å². The average molecular weight is 283 g/mol. The number of aromatic nitrogens is 1. The van der Waals surface area contributed by atoms with Crippen LogP contribution < -0.4 is 10.2 Å². The van der Waals surface area contributed by atoms with E-state index in [1.54, 1.807) is 0 Å². The second kappa shape index (κ2) is 6.72. The molecule has 1 aromatic heterocycles. The van der Waals surface area contributed by atoms with Crippen molar-refractivity contribution >= 4 is 11.5 Å². The second-order valence-electron chi connectivity index (χ2n) is 5.56. The Morgan fingerprint density at radius 3 is 2.57 bits per heavy atom. The molecule has 3 heteroatoms. The van der Waals surface area contributed by atoms with Gasteiger partial charge in [-0.3, -0.25) is 0 Å². The van der Waals surface area contributed by atoms with E-state index in [-0.39, 0.29) is 0 Å². The van der Waals surface area contributed by atoms with E-state index in [9.17, 15) is 0 Å². The molecule has 0 aliphatic carbocycles. The van der Waals surface area contributed by atoms with Crippen molar-refractivity contribution in [3.63, 3.8) is 0 Å². The third-order valence-electron chi connectivity index (χ3n) is 3.71. The maximum atomic E-state index is 4.78. The van der Waals surface area contributed by atoms with Crippen molar-refractivity contribution in [2.75, 3.05) is 18.5 Å². The van der Waals surface area contributed by atoms with Crippen LogP contribution in [0.3, 0.4) is 0 Å². The monoisotopic (exact) mass is 283 g/mol. The highest BCUT2D eigenvalue weighted by Gasteiger charge is 2.14. The smallest absolute Gasteiger partial charge is 0.137 e. The summed E-state index contributed by atoms with van der Waals surface area (Å²) in [5.74, 6) is 1.04. The van der Waals surface area contributed by atoms with Crippen LogP contribution in [0.4, 0.5) is 11.5 Å². The Hall–Kier alpha value is -1.87. The first kappa shape index (κ1) is 15.5. The molecule has 0 aliphatic heterocycles. The third-order valence-corrected chi connectivity index (χ3v) is 3.71. The molecular weight excluding hydrogens is 258 g/mol. The lowest BCUT2D eigenvalue weighted by atomic mass is 10.1. The molecule has 0 fully saturated rings. The summed E-state index contributed by atoms with van der Waals surface area (Å²) in [5.41, 5.74) is 6.05. The van der Waals surface area contributed by atoms with Gasteiger partial charge in [0.15, 0.2) is 0 Å². The molecule has 0 spiro atoms. The number of nitrogens with one attached hydrogen (secondary N) is 1. The average Bonchev–Trinajstić information content (AvgIpc) is 2.45. The minimum Gasteiger partial charge on any atom is -0.329 e. The summed E-state index contributed by atoms with van der Waals surface area (Å²) in [4.78, 5) is 6.96. The molecular formula is C18H25N3. The Balaban J connectivity index is 2.45. The van der Waals surface area contributed by atoms with Gasteiger partial charge in [0.1, 0.15) is 5.82 Å². The Bertz CT molecular complexity index is 620. The zero-order chi connectivity index (χ0) is 15.4. The van der Waals surface area contributed by atoms with E-state index in [4.69, 9.17) is 4.98 Å². The third kappa shape index (κ3) is 3.61. The molecule has 1 heterocycles. The van der Waals surface area contributed by atoms with Gasteiger partial charge in [0.25, 0.3) is 0 Å². The van der Waals surface area contributed by atoms with Crippen molar-refractivity contribution in [2.24, 2.45) is 0 Å². The second-order valence-corrected chi connectivity index (χ2v) is 5.56. The van der Waals surface area contributed by atoms with Crippen molar-refractivity contribution in [1.82, 2.24) is 10.3 Å². The number of nitrogens with zero attached hydrogens (tertiary/aromatic N) is 2. The molecule has 112 valence electrons. The van der Waals surface area contributed by atoms with Crippen molar-refractivity contribution in [3.8, 4) is 0 Å². The lowest BCUT2D eigenvalue weighted by molar-refractivity contribution is 0.719. The highest BCUT2D eigenvalue weighted by atomic mass is 15.2. The molecule has 0 saturated heterocycles. The number of hydrogen-bond donors (Lipinski definition) is 1. The normalized spacial score (nSPS) is 10.7. The Kier molecular flexibility index (Phi) is 4.97. The molecule has 0 radical (unpaired) electrons.